The van der Waals surface area contributed by atoms with Crippen molar-refractivity contribution in [3.05, 3.63) is 42.5 Å². The Hall–Kier alpha value is -0.640. The minimum absolute atomic E-state index is 0. The van der Waals surface area contributed by atoms with Crippen LogP contribution in [0.2, 0.25) is 0 Å². The van der Waals surface area contributed by atoms with Crippen LogP contribution in [0.25, 0.3) is 10.8 Å². The Morgan fingerprint density at radius 3 is 2.16 bits per heavy atom. The zero-order chi connectivity index (χ0) is 13.4. The Kier molecular flexibility index (Phi) is 4.99. The molecule has 0 saturated carbocycles. The van der Waals surface area contributed by atoms with Crippen LogP contribution in [0.5, 0.6) is 5.75 Å². The third-order valence-corrected chi connectivity index (χ3v) is 4.85. The van der Waals surface area contributed by atoms with Gasteiger partial charge in [-0.25, -0.2) is 0 Å². The minimum Gasteiger partial charge on any atom is -1.00 e. The number of hydrogen-bond acceptors (Lipinski definition) is 5. The minimum atomic E-state index is -5.32. The summed E-state index contributed by atoms with van der Waals surface area (Å²) in [5, 5.41) is 1.10. The van der Waals surface area contributed by atoms with E-state index in [0.717, 1.165) is 0 Å². The molecule has 19 heavy (non-hydrogen) atoms. The average molecular weight is 312 g/mol. The quantitative estimate of drug-likeness (QED) is 0.419. The Balaban J connectivity index is 0.00000180. The summed E-state index contributed by atoms with van der Waals surface area (Å²) in [6.45, 7) is 0. The van der Waals surface area contributed by atoms with Gasteiger partial charge in [0, 0.05) is 5.39 Å². The van der Waals surface area contributed by atoms with E-state index in [-0.39, 0.29) is 36.7 Å². The normalized spacial score (nSPS) is 11.8. The van der Waals surface area contributed by atoms with Crippen molar-refractivity contribution in [3.63, 3.8) is 0 Å². The van der Waals surface area contributed by atoms with E-state index >= 15 is 0 Å². The molecule has 0 unspecified atom stereocenters. The van der Waals surface area contributed by atoms with Gasteiger partial charge in [-0.15, -0.1) is 0 Å². The maximum Gasteiger partial charge on any atom is 1.00 e. The molecule has 0 heterocycles. The van der Waals surface area contributed by atoms with Crippen LogP contribution < -0.4 is 33.7 Å². The van der Waals surface area contributed by atoms with Gasteiger partial charge >= 0.3 is 47.9 Å². The van der Waals surface area contributed by atoms with Gasteiger partial charge in [-0.2, -0.15) is 16.8 Å². The summed E-state index contributed by atoms with van der Waals surface area (Å²) in [5.74, 6) is -0.161. The maximum atomic E-state index is 11.2. The van der Waals surface area contributed by atoms with E-state index in [4.69, 9.17) is 4.55 Å². The van der Waals surface area contributed by atoms with E-state index in [1.54, 1.807) is 30.3 Å². The average Bonchev–Trinajstić information content (AvgIpc) is 2.27. The maximum absolute atomic E-state index is 11.2. The van der Waals surface area contributed by atoms with Crippen LogP contribution in [-0.4, -0.2) is 21.4 Å². The molecule has 0 aromatic heterocycles. The molecule has 98 valence electrons. The van der Waals surface area contributed by atoms with Crippen LogP contribution in [0, 0.1) is 0 Å². The molecule has 0 spiro atoms. The van der Waals surface area contributed by atoms with Gasteiger partial charge in [0.05, 0.1) is 0 Å². The SMILES string of the molecule is O=S(=O)(O)S(=O)(=O)Oc1cccc2ccccc12.[H-].[Na+]. The zero-order valence-corrected chi connectivity index (χ0v) is 13.5. The summed E-state index contributed by atoms with van der Waals surface area (Å²) in [4.78, 5) is 0. The first-order valence-electron chi connectivity index (χ1n) is 4.71. The summed E-state index contributed by atoms with van der Waals surface area (Å²) in [7, 11) is -10.4. The third kappa shape index (κ3) is 3.47. The monoisotopic (exact) mass is 312 g/mol. The molecular weight excluding hydrogens is 303 g/mol. The standard InChI is InChI=1S/C10H8O6S2.Na.H/c11-17(12,13)18(14,15)16-10-7-3-5-8-4-1-2-6-9(8)10;;/h1-7H,(H,11,12,13);;/q;+1;-1. The fourth-order valence-corrected chi connectivity index (χ4v) is 2.35. The Labute approximate surface area is 133 Å². The van der Waals surface area contributed by atoms with Gasteiger partial charge in [0.15, 0.2) is 5.75 Å². The summed E-state index contributed by atoms with van der Waals surface area (Å²) in [5.41, 5.74) is 0. The first kappa shape index (κ1) is 16.4. The van der Waals surface area contributed by atoms with E-state index in [1.807, 2.05) is 0 Å². The number of rotatable bonds is 3. The van der Waals surface area contributed by atoms with Gasteiger partial charge in [-0.05, 0) is 11.5 Å². The molecule has 9 heteroatoms. The predicted molar refractivity (Wildman–Crippen MR) is 66.2 cm³/mol. The fourth-order valence-electron chi connectivity index (χ4n) is 1.42. The summed E-state index contributed by atoms with van der Waals surface area (Å²) >= 11 is 0. The second kappa shape index (κ2) is 5.78. The smallest absolute Gasteiger partial charge is 1.00 e. The van der Waals surface area contributed by atoms with E-state index in [1.165, 1.54) is 12.1 Å². The molecule has 0 aliphatic heterocycles. The molecule has 2 aromatic carbocycles. The molecule has 0 aliphatic rings. The molecular formula is C10H9NaO6S2. The Morgan fingerprint density at radius 1 is 0.947 bits per heavy atom. The van der Waals surface area contributed by atoms with Crippen molar-refractivity contribution in [1.82, 2.24) is 0 Å². The first-order chi connectivity index (χ1) is 8.31. The first-order valence-corrected chi connectivity index (χ1v) is 8.07. The van der Waals surface area contributed by atoms with Crippen molar-refractivity contribution < 1.29 is 56.6 Å². The van der Waals surface area contributed by atoms with Crippen LogP contribution in [0.3, 0.4) is 0 Å². The van der Waals surface area contributed by atoms with Crippen LogP contribution in [0.15, 0.2) is 42.5 Å². The van der Waals surface area contributed by atoms with Crippen molar-refractivity contribution in [2.75, 3.05) is 0 Å². The van der Waals surface area contributed by atoms with Crippen LogP contribution in [0.4, 0.5) is 0 Å². The van der Waals surface area contributed by atoms with Crippen LogP contribution >= 0.6 is 0 Å². The molecule has 0 atom stereocenters. The van der Waals surface area contributed by atoms with E-state index < -0.39 is 18.3 Å². The molecule has 2 aromatic rings. The van der Waals surface area contributed by atoms with Crippen molar-refractivity contribution in [1.29, 1.82) is 0 Å². The van der Waals surface area contributed by atoms with Gasteiger partial charge < -0.3 is 5.61 Å². The van der Waals surface area contributed by atoms with Crippen molar-refractivity contribution in [2.45, 2.75) is 0 Å². The molecule has 0 bridgehead atoms. The van der Waals surface area contributed by atoms with Crippen molar-refractivity contribution >= 4 is 29.1 Å². The van der Waals surface area contributed by atoms with Gasteiger partial charge in [-0.1, -0.05) is 36.4 Å². The Morgan fingerprint density at radius 2 is 1.53 bits per heavy atom. The second-order valence-corrected chi connectivity index (χ2v) is 7.72. The van der Waals surface area contributed by atoms with Crippen molar-refractivity contribution in [2.24, 2.45) is 0 Å². The second-order valence-electron chi connectivity index (χ2n) is 3.40. The van der Waals surface area contributed by atoms with Gasteiger partial charge in [0.1, 0.15) is 0 Å². The molecule has 0 saturated heterocycles. The number of fused-ring (bicyclic) bond motifs is 1. The third-order valence-electron chi connectivity index (χ3n) is 2.20. The topological polar surface area (TPSA) is 97.7 Å². The molecule has 0 radical (unpaired) electrons. The zero-order valence-electron chi connectivity index (χ0n) is 10.8. The molecule has 6 nitrogen and oxygen atoms in total. The summed E-state index contributed by atoms with van der Waals surface area (Å²) in [6, 6.07) is 11.2. The molecule has 0 fully saturated rings. The molecule has 0 aliphatic carbocycles. The van der Waals surface area contributed by atoms with Gasteiger partial charge in [-0.3, -0.25) is 4.55 Å². The molecule has 2 rings (SSSR count). The molecule has 1 N–H and O–H groups in total. The fraction of sp³-hybridized carbons (Fsp3) is 0. The number of benzene rings is 2. The van der Waals surface area contributed by atoms with Crippen molar-refractivity contribution in [3.8, 4) is 5.75 Å². The Bertz CT molecular complexity index is 798. The van der Waals surface area contributed by atoms with E-state index in [2.05, 4.69) is 4.18 Å². The summed E-state index contributed by atoms with van der Waals surface area (Å²) < 4.78 is 56.6. The van der Waals surface area contributed by atoms with E-state index in [9.17, 15) is 16.8 Å². The summed E-state index contributed by atoms with van der Waals surface area (Å²) in [6.07, 6.45) is 0. The van der Waals surface area contributed by atoms with Crippen LogP contribution in [0.1, 0.15) is 1.43 Å². The number of hydrogen-bond donors (Lipinski definition) is 1. The largest absolute Gasteiger partial charge is 1.00 e. The predicted octanol–water partition coefficient (Wildman–Crippen LogP) is -1.53. The molecule has 0 amide bonds. The van der Waals surface area contributed by atoms with Gasteiger partial charge in [0.25, 0.3) is 0 Å². The van der Waals surface area contributed by atoms with Crippen LogP contribution in [-0.2, 0) is 18.3 Å². The van der Waals surface area contributed by atoms with E-state index in [0.29, 0.717) is 10.8 Å². The van der Waals surface area contributed by atoms with Gasteiger partial charge in [0.2, 0.25) is 0 Å².